The molecular formula is C24H19N3. The van der Waals surface area contributed by atoms with Gasteiger partial charge in [0.15, 0.2) is 0 Å². The highest BCUT2D eigenvalue weighted by Gasteiger charge is 2.06. The normalized spacial score (nSPS) is 11.1. The zero-order chi connectivity index (χ0) is 18.1. The van der Waals surface area contributed by atoms with Gasteiger partial charge in [-0.1, -0.05) is 66.7 Å². The van der Waals surface area contributed by atoms with Crippen LogP contribution in [-0.2, 0) is 6.54 Å². The molecule has 130 valence electrons. The van der Waals surface area contributed by atoms with Crippen LogP contribution in [0.5, 0.6) is 0 Å². The zero-order valence-electron chi connectivity index (χ0n) is 14.8. The van der Waals surface area contributed by atoms with E-state index >= 15 is 0 Å². The van der Waals surface area contributed by atoms with Crippen LogP contribution in [0.25, 0.3) is 32.9 Å². The molecule has 0 aliphatic heterocycles. The first kappa shape index (κ1) is 15.6. The number of hydrogen-bond donors (Lipinski definition) is 2. The molecule has 2 aromatic heterocycles. The van der Waals surface area contributed by atoms with Crippen molar-refractivity contribution in [1.82, 2.24) is 9.97 Å². The lowest BCUT2D eigenvalue weighted by atomic mass is 10.0. The van der Waals surface area contributed by atoms with E-state index in [1.54, 1.807) is 0 Å². The second-order valence-electron chi connectivity index (χ2n) is 6.71. The predicted molar refractivity (Wildman–Crippen MR) is 113 cm³/mol. The second-order valence-corrected chi connectivity index (χ2v) is 6.71. The van der Waals surface area contributed by atoms with E-state index < -0.39 is 0 Å². The van der Waals surface area contributed by atoms with Crippen LogP contribution in [0.1, 0.15) is 5.56 Å². The monoisotopic (exact) mass is 349 g/mol. The molecule has 0 bridgehead atoms. The molecule has 0 unspecified atom stereocenters. The van der Waals surface area contributed by atoms with Crippen molar-refractivity contribution in [2.75, 3.05) is 5.32 Å². The van der Waals surface area contributed by atoms with Crippen molar-refractivity contribution < 1.29 is 0 Å². The molecule has 3 nitrogen and oxygen atoms in total. The maximum Gasteiger partial charge on any atom is 0.126 e. The number of aromatic nitrogens is 2. The Hall–Kier alpha value is -3.59. The number of pyridine rings is 1. The molecule has 0 aliphatic rings. The average molecular weight is 349 g/mol. The van der Waals surface area contributed by atoms with Gasteiger partial charge >= 0.3 is 0 Å². The Labute approximate surface area is 157 Å². The first-order valence-corrected chi connectivity index (χ1v) is 9.11. The number of nitrogens with one attached hydrogen (secondary N) is 2. The van der Waals surface area contributed by atoms with Crippen LogP contribution in [0.2, 0.25) is 0 Å². The maximum absolute atomic E-state index is 4.56. The third-order valence-electron chi connectivity index (χ3n) is 4.90. The lowest BCUT2D eigenvalue weighted by molar-refractivity contribution is 1.12. The minimum Gasteiger partial charge on any atom is -0.366 e. The Morgan fingerprint density at radius 1 is 0.704 bits per heavy atom. The summed E-state index contributed by atoms with van der Waals surface area (Å²) >= 11 is 0. The number of hydrogen-bond acceptors (Lipinski definition) is 2. The summed E-state index contributed by atoms with van der Waals surface area (Å²) in [7, 11) is 0. The molecule has 3 aromatic carbocycles. The van der Waals surface area contributed by atoms with E-state index in [2.05, 4.69) is 88.1 Å². The molecule has 0 fully saturated rings. The molecule has 5 rings (SSSR count). The number of aromatic amines is 1. The molecule has 27 heavy (non-hydrogen) atoms. The second kappa shape index (κ2) is 6.61. The van der Waals surface area contributed by atoms with E-state index in [1.165, 1.54) is 27.5 Å². The SMILES string of the molecule is c1ccc(-c2cccc(CNc3cc4c(cn3)[nH]c3ccccc34)c2)cc1. The Balaban J connectivity index is 1.41. The number of nitrogens with zero attached hydrogens (tertiary/aromatic N) is 1. The lowest BCUT2D eigenvalue weighted by Crippen LogP contribution is -2.01. The van der Waals surface area contributed by atoms with Gasteiger partial charge < -0.3 is 10.3 Å². The summed E-state index contributed by atoms with van der Waals surface area (Å²) in [5, 5.41) is 5.88. The number of fused-ring (bicyclic) bond motifs is 3. The predicted octanol–water partition coefficient (Wildman–Crippen LogP) is 6.00. The Morgan fingerprint density at radius 3 is 2.44 bits per heavy atom. The van der Waals surface area contributed by atoms with Gasteiger partial charge in [0.25, 0.3) is 0 Å². The molecule has 0 spiro atoms. The summed E-state index contributed by atoms with van der Waals surface area (Å²) in [5.74, 6) is 0.886. The molecule has 0 radical (unpaired) electrons. The van der Waals surface area contributed by atoms with Crippen LogP contribution in [0, 0.1) is 0 Å². The van der Waals surface area contributed by atoms with Gasteiger partial charge in [0.05, 0.1) is 11.7 Å². The number of anilines is 1. The van der Waals surface area contributed by atoms with Gasteiger partial charge in [-0.15, -0.1) is 0 Å². The third-order valence-corrected chi connectivity index (χ3v) is 4.90. The molecule has 2 heterocycles. The lowest BCUT2D eigenvalue weighted by Gasteiger charge is -2.08. The summed E-state index contributed by atoms with van der Waals surface area (Å²) in [5.41, 5.74) is 5.90. The first-order valence-electron chi connectivity index (χ1n) is 9.11. The van der Waals surface area contributed by atoms with Gasteiger partial charge in [0.2, 0.25) is 0 Å². The van der Waals surface area contributed by atoms with Gasteiger partial charge in [-0.25, -0.2) is 4.98 Å². The van der Waals surface area contributed by atoms with Gasteiger partial charge in [-0.2, -0.15) is 0 Å². The van der Waals surface area contributed by atoms with E-state index in [4.69, 9.17) is 0 Å². The van der Waals surface area contributed by atoms with Crippen molar-refractivity contribution in [2.24, 2.45) is 0 Å². The molecule has 3 heteroatoms. The molecular weight excluding hydrogens is 330 g/mol. The molecule has 2 N–H and O–H groups in total. The van der Waals surface area contributed by atoms with Gasteiger partial charge in [0.1, 0.15) is 5.82 Å². The average Bonchev–Trinajstić information content (AvgIpc) is 3.11. The van der Waals surface area contributed by atoms with Gasteiger partial charge in [0, 0.05) is 22.8 Å². The Morgan fingerprint density at radius 2 is 1.52 bits per heavy atom. The minimum atomic E-state index is 0.738. The van der Waals surface area contributed by atoms with E-state index in [0.29, 0.717) is 0 Å². The van der Waals surface area contributed by atoms with Crippen LogP contribution in [-0.4, -0.2) is 9.97 Å². The quantitative estimate of drug-likeness (QED) is 0.418. The fourth-order valence-corrected chi connectivity index (χ4v) is 3.53. The van der Waals surface area contributed by atoms with Crippen molar-refractivity contribution in [3.63, 3.8) is 0 Å². The minimum absolute atomic E-state index is 0.738. The first-order chi connectivity index (χ1) is 13.4. The Kier molecular flexibility index (Phi) is 3.83. The summed E-state index contributed by atoms with van der Waals surface area (Å²) in [6.45, 7) is 0.738. The summed E-state index contributed by atoms with van der Waals surface area (Å²) in [6, 6.07) is 29.6. The van der Waals surface area contributed by atoms with Crippen molar-refractivity contribution in [1.29, 1.82) is 0 Å². The van der Waals surface area contributed by atoms with E-state index in [9.17, 15) is 0 Å². The summed E-state index contributed by atoms with van der Waals surface area (Å²) in [6.07, 6.45) is 1.90. The van der Waals surface area contributed by atoms with Crippen molar-refractivity contribution >= 4 is 27.6 Å². The van der Waals surface area contributed by atoms with Crippen LogP contribution < -0.4 is 5.32 Å². The maximum atomic E-state index is 4.56. The van der Waals surface area contributed by atoms with Crippen LogP contribution in [0.15, 0.2) is 91.1 Å². The highest BCUT2D eigenvalue weighted by atomic mass is 15.0. The van der Waals surface area contributed by atoms with E-state index in [0.717, 1.165) is 23.4 Å². The van der Waals surface area contributed by atoms with Crippen LogP contribution in [0.4, 0.5) is 5.82 Å². The standard InChI is InChI=1S/C24H19N3/c1-2-8-18(9-3-1)19-10-6-7-17(13-19)15-25-24-14-21-20-11-4-5-12-22(20)27-23(21)16-26-24/h1-14,16,27H,15H2,(H,25,26). The van der Waals surface area contributed by atoms with E-state index in [1.807, 2.05) is 18.3 Å². The molecule has 0 atom stereocenters. The summed E-state index contributed by atoms with van der Waals surface area (Å²) < 4.78 is 0. The van der Waals surface area contributed by atoms with Crippen molar-refractivity contribution in [3.05, 3.63) is 96.7 Å². The molecule has 0 saturated heterocycles. The summed E-state index contributed by atoms with van der Waals surface area (Å²) in [4.78, 5) is 7.97. The number of H-pyrrole nitrogens is 1. The molecule has 0 saturated carbocycles. The fraction of sp³-hybridized carbons (Fsp3) is 0.0417. The molecule has 5 aromatic rings. The Bertz CT molecular complexity index is 1220. The van der Waals surface area contributed by atoms with Gasteiger partial charge in [-0.05, 0) is 34.9 Å². The molecule has 0 amide bonds. The third kappa shape index (κ3) is 3.04. The van der Waals surface area contributed by atoms with Crippen molar-refractivity contribution in [2.45, 2.75) is 6.54 Å². The van der Waals surface area contributed by atoms with Crippen LogP contribution in [0.3, 0.4) is 0 Å². The van der Waals surface area contributed by atoms with Crippen LogP contribution >= 0.6 is 0 Å². The van der Waals surface area contributed by atoms with Crippen molar-refractivity contribution in [3.8, 4) is 11.1 Å². The largest absolute Gasteiger partial charge is 0.366 e. The highest BCUT2D eigenvalue weighted by Crippen LogP contribution is 2.26. The van der Waals surface area contributed by atoms with E-state index in [-0.39, 0.29) is 0 Å². The zero-order valence-corrected chi connectivity index (χ0v) is 14.8. The van der Waals surface area contributed by atoms with Gasteiger partial charge in [-0.3, -0.25) is 0 Å². The number of para-hydroxylation sites is 1. The fourth-order valence-electron chi connectivity index (χ4n) is 3.53. The highest BCUT2D eigenvalue weighted by molar-refractivity contribution is 6.07. The number of benzene rings is 3. The molecule has 0 aliphatic carbocycles. The number of rotatable bonds is 4. The topological polar surface area (TPSA) is 40.7 Å². The smallest absolute Gasteiger partial charge is 0.126 e.